The van der Waals surface area contributed by atoms with Crippen molar-refractivity contribution in [2.75, 3.05) is 7.11 Å². The lowest BCUT2D eigenvalue weighted by Crippen LogP contribution is -2.35. The number of hydrogen-bond donors (Lipinski definition) is 1. The molecule has 0 saturated heterocycles. The summed E-state index contributed by atoms with van der Waals surface area (Å²) in [5, 5.41) is 9.89. The van der Waals surface area contributed by atoms with Crippen LogP contribution in [0.2, 0.25) is 0 Å². The molecule has 1 aliphatic heterocycles. The number of nitrogens with zero attached hydrogens (tertiary/aromatic N) is 1. The van der Waals surface area contributed by atoms with E-state index in [1.807, 2.05) is 0 Å². The molecule has 20 heavy (non-hydrogen) atoms. The highest BCUT2D eigenvalue weighted by molar-refractivity contribution is 7.95. The van der Waals surface area contributed by atoms with Crippen LogP contribution in [0.5, 0.6) is 11.6 Å². The van der Waals surface area contributed by atoms with Gasteiger partial charge in [-0.05, 0) is 0 Å². The Morgan fingerprint density at radius 2 is 2.20 bits per heavy atom. The zero-order chi connectivity index (χ0) is 14.9. The SMILES string of the molecule is COC(=O)c1cc(OSC(F)(F)F)c(O)[n+]2c1CCC2. The van der Waals surface area contributed by atoms with Crippen molar-refractivity contribution in [3.8, 4) is 11.6 Å². The van der Waals surface area contributed by atoms with Gasteiger partial charge in [-0.2, -0.15) is 17.7 Å². The van der Waals surface area contributed by atoms with Crippen LogP contribution in [0.1, 0.15) is 22.5 Å². The van der Waals surface area contributed by atoms with Gasteiger partial charge in [-0.1, -0.05) is 0 Å². The molecule has 2 heterocycles. The molecule has 0 aromatic carbocycles. The van der Waals surface area contributed by atoms with Crippen LogP contribution in [0.25, 0.3) is 0 Å². The topological polar surface area (TPSA) is 59.6 Å². The third-order valence-electron chi connectivity index (χ3n) is 2.81. The quantitative estimate of drug-likeness (QED) is 0.525. The van der Waals surface area contributed by atoms with E-state index >= 15 is 0 Å². The summed E-state index contributed by atoms with van der Waals surface area (Å²) in [7, 11) is 1.17. The van der Waals surface area contributed by atoms with Gasteiger partial charge in [0, 0.05) is 18.9 Å². The van der Waals surface area contributed by atoms with E-state index in [1.165, 1.54) is 11.7 Å². The van der Waals surface area contributed by atoms with E-state index in [9.17, 15) is 23.1 Å². The van der Waals surface area contributed by atoms with Crippen LogP contribution in [0.15, 0.2) is 6.07 Å². The summed E-state index contributed by atoms with van der Waals surface area (Å²) in [5.41, 5.74) is -3.99. The number of aromatic hydroxyl groups is 1. The lowest BCUT2D eigenvalue weighted by molar-refractivity contribution is -0.696. The molecule has 2 rings (SSSR count). The Hall–Kier alpha value is -1.64. The Morgan fingerprint density at radius 3 is 2.80 bits per heavy atom. The first-order valence-corrected chi connectivity index (χ1v) is 6.37. The van der Waals surface area contributed by atoms with Crippen LogP contribution in [0.3, 0.4) is 0 Å². The molecule has 0 unspecified atom stereocenters. The van der Waals surface area contributed by atoms with Crippen molar-refractivity contribution in [1.29, 1.82) is 0 Å². The van der Waals surface area contributed by atoms with E-state index in [4.69, 9.17) is 0 Å². The maximum atomic E-state index is 12.1. The number of methoxy groups -OCH3 is 1. The number of pyridine rings is 1. The number of ether oxygens (including phenoxy) is 1. The molecule has 0 saturated carbocycles. The van der Waals surface area contributed by atoms with Crippen molar-refractivity contribution in [2.24, 2.45) is 0 Å². The van der Waals surface area contributed by atoms with Gasteiger partial charge < -0.3 is 14.0 Å². The Kier molecular flexibility index (Phi) is 3.98. The molecule has 110 valence electrons. The Balaban J connectivity index is 2.40. The van der Waals surface area contributed by atoms with Crippen LogP contribution in [-0.2, 0) is 17.7 Å². The molecule has 0 atom stereocenters. The number of carbonyl (C=O) groups excluding carboxylic acids is 1. The van der Waals surface area contributed by atoms with Gasteiger partial charge in [0.15, 0.2) is 24.3 Å². The van der Waals surface area contributed by atoms with Crippen LogP contribution >= 0.6 is 12.0 Å². The molecular formula is C11H11F3NO4S+. The average molecular weight is 310 g/mol. The summed E-state index contributed by atoms with van der Waals surface area (Å²) in [4.78, 5) is 11.6. The first kappa shape index (κ1) is 14.8. The lowest BCUT2D eigenvalue weighted by atomic mass is 10.1. The van der Waals surface area contributed by atoms with E-state index in [0.29, 0.717) is 25.1 Å². The molecule has 0 aliphatic carbocycles. The zero-order valence-electron chi connectivity index (χ0n) is 10.4. The molecule has 1 aromatic heterocycles. The van der Waals surface area contributed by atoms with Gasteiger partial charge in [-0.15, -0.1) is 0 Å². The molecule has 1 aromatic rings. The van der Waals surface area contributed by atoms with Crippen LogP contribution in [0.4, 0.5) is 13.2 Å². The van der Waals surface area contributed by atoms with Crippen molar-refractivity contribution in [3.63, 3.8) is 0 Å². The van der Waals surface area contributed by atoms with Crippen LogP contribution in [0, 0.1) is 0 Å². The number of halogens is 3. The first-order valence-electron chi connectivity index (χ1n) is 5.63. The van der Waals surface area contributed by atoms with Crippen LogP contribution in [-0.4, -0.2) is 23.7 Å². The maximum absolute atomic E-state index is 12.1. The predicted molar refractivity (Wildman–Crippen MR) is 62.2 cm³/mol. The van der Waals surface area contributed by atoms with Gasteiger partial charge in [-0.25, -0.2) is 4.79 Å². The zero-order valence-corrected chi connectivity index (χ0v) is 11.2. The molecule has 0 radical (unpaired) electrons. The van der Waals surface area contributed by atoms with Crippen LogP contribution < -0.4 is 8.75 Å². The molecular weight excluding hydrogens is 299 g/mol. The smallest absolute Gasteiger partial charge is 0.465 e. The number of rotatable bonds is 3. The summed E-state index contributed by atoms with van der Waals surface area (Å²) < 4.78 is 46.8. The van der Waals surface area contributed by atoms with E-state index in [0.717, 1.165) is 6.07 Å². The van der Waals surface area contributed by atoms with Gasteiger partial charge >= 0.3 is 17.4 Å². The molecule has 9 heteroatoms. The Bertz CT molecular complexity index is 547. The first-order chi connectivity index (χ1) is 9.33. The second-order valence-corrected chi connectivity index (χ2v) is 4.85. The molecule has 1 N–H and O–H groups in total. The van der Waals surface area contributed by atoms with E-state index in [1.54, 1.807) is 0 Å². The highest BCUT2D eigenvalue weighted by atomic mass is 32.2. The number of carbonyl (C=O) groups is 1. The standard InChI is InChI=1S/C11H10F3NO4S/c1-18-10(17)6-5-8(19-20-11(12,13)14)9(16)15-4-2-3-7(6)15/h5H,2-4H2,1H3/p+1. The van der Waals surface area contributed by atoms with Gasteiger partial charge in [0.2, 0.25) is 5.75 Å². The van der Waals surface area contributed by atoms with Crippen molar-refractivity contribution in [3.05, 3.63) is 17.3 Å². The monoisotopic (exact) mass is 310 g/mol. The second-order valence-electron chi connectivity index (χ2n) is 4.05. The Labute approximate surface area is 116 Å². The summed E-state index contributed by atoms with van der Waals surface area (Å²) in [6.07, 6.45) is 1.21. The van der Waals surface area contributed by atoms with Gasteiger partial charge in [0.25, 0.3) is 0 Å². The summed E-state index contributed by atoms with van der Waals surface area (Å²) >= 11 is -0.751. The van der Waals surface area contributed by atoms with Crippen molar-refractivity contribution < 1.29 is 36.6 Å². The second kappa shape index (κ2) is 5.39. The Morgan fingerprint density at radius 1 is 1.50 bits per heavy atom. The minimum atomic E-state index is -4.61. The summed E-state index contributed by atoms with van der Waals surface area (Å²) in [6.45, 7) is 0.402. The largest absolute Gasteiger partial charge is 0.479 e. The lowest BCUT2D eigenvalue weighted by Gasteiger charge is -2.09. The maximum Gasteiger partial charge on any atom is 0.479 e. The highest BCUT2D eigenvalue weighted by Gasteiger charge is 2.37. The third kappa shape index (κ3) is 2.92. The molecule has 0 spiro atoms. The molecule has 5 nitrogen and oxygen atoms in total. The number of fused-ring (bicyclic) bond motifs is 1. The number of hydrogen-bond acceptors (Lipinski definition) is 5. The molecule has 0 bridgehead atoms. The molecule has 1 aliphatic rings. The minimum Gasteiger partial charge on any atom is -0.465 e. The van der Waals surface area contributed by atoms with E-state index in [-0.39, 0.29) is 5.56 Å². The van der Waals surface area contributed by atoms with E-state index in [2.05, 4.69) is 8.92 Å². The fraction of sp³-hybridized carbons (Fsp3) is 0.455. The normalized spacial score (nSPS) is 14.0. The van der Waals surface area contributed by atoms with E-state index < -0.39 is 35.1 Å². The molecule has 0 amide bonds. The third-order valence-corrected chi connectivity index (χ3v) is 3.27. The van der Waals surface area contributed by atoms with Gasteiger partial charge in [-0.3, -0.25) is 0 Å². The summed E-state index contributed by atoms with van der Waals surface area (Å²) in [5.74, 6) is -1.53. The number of alkyl halides is 3. The fourth-order valence-corrected chi connectivity index (χ4v) is 2.35. The van der Waals surface area contributed by atoms with Crippen molar-refractivity contribution >= 4 is 18.0 Å². The fourth-order valence-electron chi connectivity index (χ4n) is 2.04. The molecule has 0 fully saturated rings. The number of aromatic nitrogens is 1. The summed E-state index contributed by atoms with van der Waals surface area (Å²) in [6, 6.07) is 1.07. The predicted octanol–water partition coefficient (Wildman–Crippen LogP) is 1.96. The van der Waals surface area contributed by atoms with Gasteiger partial charge in [0.05, 0.1) is 7.11 Å². The highest BCUT2D eigenvalue weighted by Crippen LogP contribution is 2.36. The van der Waals surface area contributed by atoms with Crippen molar-refractivity contribution in [1.82, 2.24) is 0 Å². The number of esters is 1. The van der Waals surface area contributed by atoms with Crippen molar-refractivity contribution in [2.45, 2.75) is 24.9 Å². The minimum absolute atomic E-state index is 0.0978. The van der Waals surface area contributed by atoms with Gasteiger partial charge in [0.1, 0.15) is 5.56 Å². The average Bonchev–Trinajstić information content (AvgIpc) is 2.85.